The number of carbonyl (C=O) groups is 1. The molecular formula is C15H14N4O2. The van der Waals surface area contributed by atoms with E-state index in [2.05, 4.69) is 15.1 Å². The molecule has 0 saturated carbocycles. The molecule has 0 spiro atoms. The highest BCUT2D eigenvalue weighted by Crippen LogP contribution is 2.16. The van der Waals surface area contributed by atoms with Crippen LogP contribution >= 0.6 is 0 Å². The van der Waals surface area contributed by atoms with Crippen molar-refractivity contribution in [2.75, 3.05) is 0 Å². The number of nitrogens with zero attached hydrogens (tertiary/aromatic N) is 4. The summed E-state index contributed by atoms with van der Waals surface area (Å²) in [5.74, 6) is 0.275. The number of rotatable bonds is 2. The molecule has 1 aromatic carbocycles. The second-order valence-corrected chi connectivity index (χ2v) is 4.90. The van der Waals surface area contributed by atoms with E-state index in [1.54, 1.807) is 12.1 Å². The quantitative estimate of drug-likeness (QED) is 0.674. The first-order chi connectivity index (χ1) is 10.0. The molecule has 0 radical (unpaired) electrons. The SMILES string of the molecule is Cc1cc(OC(=O)c2ccc(C)c(C)c2)n2ncnc2n1. The topological polar surface area (TPSA) is 69.4 Å². The summed E-state index contributed by atoms with van der Waals surface area (Å²) in [6, 6.07) is 7.11. The molecule has 3 aromatic rings. The van der Waals surface area contributed by atoms with Crippen LogP contribution < -0.4 is 4.74 Å². The number of hydrogen-bond donors (Lipinski definition) is 0. The van der Waals surface area contributed by atoms with Gasteiger partial charge in [-0.05, 0) is 44.0 Å². The van der Waals surface area contributed by atoms with Crippen molar-refractivity contribution in [1.82, 2.24) is 19.6 Å². The van der Waals surface area contributed by atoms with Crippen molar-refractivity contribution in [2.24, 2.45) is 0 Å². The third-order valence-electron chi connectivity index (χ3n) is 3.29. The first kappa shape index (κ1) is 13.2. The van der Waals surface area contributed by atoms with Crippen LogP contribution in [0.2, 0.25) is 0 Å². The van der Waals surface area contributed by atoms with Gasteiger partial charge >= 0.3 is 5.97 Å². The van der Waals surface area contributed by atoms with Gasteiger partial charge in [0.25, 0.3) is 5.78 Å². The molecule has 0 N–H and O–H groups in total. The molecule has 0 aliphatic heterocycles. The van der Waals surface area contributed by atoms with Crippen molar-refractivity contribution in [3.05, 3.63) is 53.0 Å². The number of carbonyl (C=O) groups excluding carboxylic acids is 1. The van der Waals surface area contributed by atoms with Crippen LogP contribution in [0.25, 0.3) is 5.78 Å². The first-order valence-electron chi connectivity index (χ1n) is 6.51. The van der Waals surface area contributed by atoms with E-state index in [4.69, 9.17) is 4.74 Å². The Bertz CT molecular complexity index is 839. The highest BCUT2D eigenvalue weighted by molar-refractivity contribution is 5.91. The molecule has 2 aromatic heterocycles. The molecule has 0 aliphatic carbocycles. The summed E-state index contributed by atoms with van der Waals surface area (Å²) in [4.78, 5) is 20.4. The Hall–Kier alpha value is -2.76. The number of esters is 1. The average molecular weight is 282 g/mol. The van der Waals surface area contributed by atoms with Gasteiger partial charge in [-0.15, -0.1) is 0 Å². The zero-order valence-electron chi connectivity index (χ0n) is 12.0. The molecular weight excluding hydrogens is 268 g/mol. The summed E-state index contributed by atoms with van der Waals surface area (Å²) in [5.41, 5.74) is 3.38. The zero-order valence-corrected chi connectivity index (χ0v) is 12.0. The summed E-state index contributed by atoms with van der Waals surface area (Å²) < 4.78 is 6.82. The second-order valence-electron chi connectivity index (χ2n) is 4.90. The van der Waals surface area contributed by atoms with Gasteiger partial charge in [0.2, 0.25) is 5.88 Å². The molecule has 0 saturated heterocycles. The molecule has 3 rings (SSSR count). The molecule has 6 heteroatoms. The molecule has 0 aliphatic rings. The number of fused-ring (bicyclic) bond motifs is 1. The molecule has 0 atom stereocenters. The predicted octanol–water partition coefficient (Wildman–Crippen LogP) is 2.27. The molecule has 2 heterocycles. The fraction of sp³-hybridized carbons (Fsp3) is 0.200. The number of aromatic nitrogens is 4. The van der Waals surface area contributed by atoms with Crippen molar-refractivity contribution in [2.45, 2.75) is 20.8 Å². The van der Waals surface area contributed by atoms with Crippen molar-refractivity contribution in [3.8, 4) is 5.88 Å². The number of benzene rings is 1. The van der Waals surface area contributed by atoms with E-state index >= 15 is 0 Å². The standard InChI is InChI=1S/C15H14N4O2/c1-9-4-5-12(6-10(9)2)14(20)21-13-7-11(3)18-15-16-8-17-19(13)15/h4-8H,1-3H3. The van der Waals surface area contributed by atoms with Crippen LogP contribution in [0.3, 0.4) is 0 Å². The Balaban J connectivity index is 1.96. The van der Waals surface area contributed by atoms with E-state index < -0.39 is 5.97 Å². The first-order valence-corrected chi connectivity index (χ1v) is 6.51. The smallest absolute Gasteiger partial charge is 0.344 e. The Morgan fingerprint density at radius 3 is 2.71 bits per heavy atom. The minimum atomic E-state index is -0.430. The van der Waals surface area contributed by atoms with E-state index in [0.717, 1.165) is 11.1 Å². The molecule has 0 unspecified atom stereocenters. The van der Waals surface area contributed by atoms with E-state index in [1.807, 2.05) is 32.9 Å². The Labute approximate surface area is 121 Å². The molecule has 6 nitrogen and oxygen atoms in total. The van der Waals surface area contributed by atoms with Gasteiger partial charge in [0.1, 0.15) is 6.33 Å². The summed E-state index contributed by atoms with van der Waals surface area (Å²) in [6.07, 6.45) is 1.37. The van der Waals surface area contributed by atoms with Gasteiger partial charge in [-0.2, -0.15) is 14.6 Å². The van der Waals surface area contributed by atoms with Gasteiger partial charge < -0.3 is 4.74 Å². The fourth-order valence-electron chi connectivity index (χ4n) is 1.99. The Kier molecular flexibility index (Phi) is 3.13. The second kappa shape index (κ2) is 4.97. The maximum Gasteiger partial charge on any atom is 0.344 e. The van der Waals surface area contributed by atoms with Gasteiger partial charge in [0.05, 0.1) is 5.56 Å². The summed E-state index contributed by atoms with van der Waals surface area (Å²) >= 11 is 0. The summed E-state index contributed by atoms with van der Waals surface area (Å²) in [7, 11) is 0. The van der Waals surface area contributed by atoms with Crippen LogP contribution in [-0.2, 0) is 0 Å². The maximum absolute atomic E-state index is 12.3. The highest BCUT2D eigenvalue weighted by Gasteiger charge is 2.13. The number of ether oxygens (including phenoxy) is 1. The zero-order chi connectivity index (χ0) is 15.0. The lowest BCUT2D eigenvalue weighted by atomic mass is 10.1. The van der Waals surface area contributed by atoms with Crippen LogP contribution in [0.1, 0.15) is 27.2 Å². The molecule has 0 bridgehead atoms. The van der Waals surface area contributed by atoms with E-state index in [-0.39, 0.29) is 0 Å². The normalized spacial score (nSPS) is 10.8. The predicted molar refractivity (Wildman–Crippen MR) is 76.4 cm³/mol. The van der Waals surface area contributed by atoms with Crippen LogP contribution in [0, 0.1) is 20.8 Å². The largest absolute Gasteiger partial charge is 0.404 e. The van der Waals surface area contributed by atoms with Crippen LogP contribution in [-0.4, -0.2) is 25.6 Å². The minimum Gasteiger partial charge on any atom is -0.404 e. The highest BCUT2D eigenvalue weighted by atomic mass is 16.5. The van der Waals surface area contributed by atoms with Crippen molar-refractivity contribution >= 4 is 11.7 Å². The molecule has 0 amide bonds. The van der Waals surface area contributed by atoms with Crippen LogP contribution in [0.4, 0.5) is 0 Å². The third-order valence-corrected chi connectivity index (χ3v) is 3.29. The van der Waals surface area contributed by atoms with Gasteiger partial charge in [-0.1, -0.05) is 6.07 Å². The van der Waals surface area contributed by atoms with Crippen molar-refractivity contribution in [1.29, 1.82) is 0 Å². The maximum atomic E-state index is 12.3. The molecule has 21 heavy (non-hydrogen) atoms. The van der Waals surface area contributed by atoms with E-state index in [9.17, 15) is 4.79 Å². The van der Waals surface area contributed by atoms with E-state index in [0.29, 0.717) is 22.9 Å². The average Bonchev–Trinajstić information content (AvgIpc) is 2.90. The van der Waals surface area contributed by atoms with Gasteiger partial charge in [0.15, 0.2) is 0 Å². The van der Waals surface area contributed by atoms with Crippen LogP contribution in [0.15, 0.2) is 30.6 Å². The lowest BCUT2D eigenvalue weighted by molar-refractivity contribution is 0.0723. The number of aryl methyl sites for hydroxylation is 3. The van der Waals surface area contributed by atoms with Crippen LogP contribution in [0.5, 0.6) is 5.88 Å². The lowest BCUT2D eigenvalue weighted by Crippen LogP contribution is -2.12. The Morgan fingerprint density at radius 1 is 1.14 bits per heavy atom. The third kappa shape index (κ3) is 2.47. The fourth-order valence-corrected chi connectivity index (χ4v) is 1.99. The van der Waals surface area contributed by atoms with E-state index in [1.165, 1.54) is 10.8 Å². The summed E-state index contributed by atoms with van der Waals surface area (Å²) in [6.45, 7) is 5.76. The van der Waals surface area contributed by atoms with Gasteiger partial charge in [-0.3, -0.25) is 0 Å². The lowest BCUT2D eigenvalue weighted by Gasteiger charge is -2.07. The molecule has 106 valence electrons. The monoisotopic (exact) mass is 282 g/mol. The van der Waals surface area contributed by atoms with Crippen molar-refractivity contribution in [3.63, 3.8) is 0 Å². The Morgan fingerprint density at radius 2 is 1.95 bits per heavy atom. The molecule has 0 fully saturated rings. The van der Waals surface area contributed by atoms with Crippen molar-refractivity contribution < 1.29 is 9.53 Å². The van der Waals surface area contributed by atoms with Gasteiger partial charge in [-0.25, -0.2) is 9.78 Å². The summed E-state index contributed by atoms with van der Waals surface area (Å²) in [5, 5.41) is 4.00. The number of hydrogen-bond acceptors (Lipinski definition) is 5. The minimum absolute atomic E-state index is 0.304. The van der Waals surface area contributed by atoms with Gasteiger partial charge in [0, 0.05) is 11.8 Å².